The number of halogens is 1. The van der Waals surface area contributed by atoms with E-state index in [1.54, 1.807) is 0 Å². The van der Waals surface area contributed by atoms with Crippen LogP contribution >= 0.6 is 11.6 Å². The van der Waals surface area contributed by atoms with Crippen LogP contribution in [0.2, 0.25) is 5.02 Å². The first-order chi connectivity index (χ1) is 11.9. The van der Waals surface area contributed by atoms with Crippen LogP contribution in [0.4, 0.5) is 0 Å². The van der Waals surface area contributed by atoms with Crippen molar-refractivity contribution in [1.29, 1.82) is 0 Å². The fourth-order valence-electron chi connectivity index (χ4n) is 2.20. The number of hydrogen-bond acceptors (Lipinski definition) is 5. The van der Waals surface area contributed by atoms with Crippen LogP contribution in [0, 0.1) is 0 Å². The minimum Gasteiger partial charge on any atom is -0.493 e. The van der Waals surface area contributed by atoms with Gasteiger partial charge in [0.2, 0.25) is 10.0 Å². The molecule has 136 valence electrons. The van der Waals surface area contributed by atoms with Crippen LogP contribution in [-0.4, -0.2) is 33.7 Å². The fraction of sp³-hybridized carbons (Fsp3) is 0.312. The zero-order valence-corrected chi connectivity index (χ0v) is 15.4. The van der Waals surface area contributed by atoms with Crippen molar-refractivity contribution in [2.45, 2.75) is 17.9 Å². The van der Waals surface area contributed by atoms with Gasteiger partial charge in [-0.2, -0.15) is 0 Å². The van der Waals surface area contributed by atoms with Gasteiger partial charge in [-0.1, -0.05) is 11.6 Å². The molecule has 0 bridgehead atoms. The van der Waals surface area contributed by atoms with E-state index in [0.717, 1.165) is 0 Å². The minimum absolute atomic E-state index is 0.0741. The Bertz CT molecular complexity index is 896. The Balaban J connectivity index is 2.00. The topological polar surface area (TPSA) is 86.6 Å². The lowest BCUT2D eigenvalue weighted by atomic mass is 10.3. The molecule has 2 rings (SSSR count). The second-order valence-corrected chi connectivity index (χ2v) is 7.35. The van der Waals surface area contributed by atoms with E-state index in [1.165, 1.54) is 55.3 Å². The summed E-state index contributed by atoms with van der Waals surface area (Å²) in [5.41, 5.74) is -0.188. The third-order valence-electron chi connectivity index (χ3n) is 3.48. The lowest BCUT2D eigenvalue weighted by molar-refractivity contribution is 0.354. The summed E-state index contributed by atoms with van der Waals surface area (Å²) in [6, 6.07) is 7.24. The molecule has 1 heterocycles. The van der Waals surface area contributed by atoms with E-state index in [-0.39, 0.29) is 17.0 Å². The molecule has 0 amide bonds. The zero-order chi connectivity index (χ0) is 18.4. The van der Waals surface area contributed by atoms with Gasteiger partial charge in [0.05, 0.1) is 24.1 Å². The number of pyridine rings is 1. The molecular formula is C16H19ClN2O5S. The number of aryl methyl sites for hydroxylation is 1. The summed E-state index contributed by atoms with van der Waals surface area (Å²) in [5.74, 6) is 0.776. The highest BCUT2D eigenvalue weighted by molar-refractivity contribution is 7.89. The number of nitrogens with one attached hydrogen (secondary N) is 1. The zero-order valence-electron chi connectivity index (χ0n) is 13.9. The molecule has 25 heavy (non-hydrogen) atoms. The summed E-state index contributed by atoms with van der Waals surface area (Å²) in [4.78, 5) is 11.7. The van der Waals surface area contributed by atoms with Gasteiger partial charge in [0.1, 0.15) is 0 Å². The van der Waals surface area contributed by atoms with Gasteiger partial charge in [-0.3, -0.25) is 4.79 Å². The number of benzene rings is 1. The van der Waals surface area contributed by atoms with Crippen molar-refractivity contribution in [3.8, 4) is 11.5 Å². The molecule has 0 radical (unpaired) electrons. The number of nitrogens with zero attached hydrogens (tertiary/aromatic N) is 1. The molecule has 0 aliphatic heterocycles. The molecule has 7 nitrogen and oxygen atoms in total. The Hall–Kier alpha value is -2.03. The monoisotopic (exact) mass is 386 g/mol. The predicted molar refractivity (Wildman–Crippen MR) is 95.1 cm³/mol. The summed E-state index contributed by atoms with van der Waals surface area (Å²) in [7, 11) is -0.780. The predicted octanol–water partition coefficient (Wildman–Crippen LogP) is 1.89. The van der Waals surface area contributed by atoms with Crippen molar-refractivity contribution < 1.29 is 17.9 Å². The third kappa shape index (κ3) is 4.97. The molecule has 9 heteroatoms. The normalized spacial score (nSPS) is 11.3. The highest BCUT2D eigenvalue weighted by Gasteiger charge is 2.16. The Morgan fingerprint density at radius 1 is 1.12 bits per heavy atom. The molecule has 1 aromatic heterocycles. The number of rotatable bonds is 8. The second-order valence-electron chi connectivity index (χ2n) is 5.15. The lowest BCUT2D eigenvalue weighted by Crippen LogP contribution is -2.27. The first kappa shape index (κ1) is 19.3. The van der Waals surface area contributed by atoms with Crippen LogP contribution in [0.25, 0.3) is 0 Å². The van der Waals surface area contributed by atoms with Crippen molar-refractivity contribution in [2.75, 3.05) is 20.8 Å². The first-order valence-corrected chi connectivity index (χ1v) is 9.31. The highest BCUT2D eigenvalue weighted by atomic mass is 35.5. The number of sulfonamides is 1. The van der Waals surface area contributed by atoms with Crippen LogP contribution < -0.4 is 19.8 Å². The van der Waals surface area contributed by atoms with E-state index in [0.29, 0.717) is 29.5 Å². The molecule has 2 aromatic rings. The van der Waals surface area contributed by atoms with Gasteiger partial charge in [0, 0.05) is 31.4 Å². The molecular weight excluding hydrogens is 368 g/mol. The van der Waals surface area contributed by atoms with Crippen LogP contribution in [0.3, 0.4) is 0 Å². The van der Waals surface area contributed by atoms with Gasteiger partial charge in [-0.05, 0) is 24.6 Å². The van der Waals surface area contributed by atoms with E-state index in [1.807, 2.05) is 0 Å². The van der Waals surface area contributed by atoms with Crippen LogP contribution in [0.5, 0.6) is 11.5 Å². The van der Waals surface area contributed by atoms with Crippen LogP contribution in [0.15, 0.2) is 46.2 Å². The quantitative estimate of drug-likeness (QED) is 0.700. The Morgan fingerprint density at radius 2 is 1.84 bits per heavy atom. The van der Waals surface area contributed by atoms with Gasteiger partial charge in [-0.25, -0.2) is 13.1 Å². The summed E-state index contributed by atoms with van der Waals surface area (Å²) in [6.07, 6.45) is 1.96. The number of ether oxygens (including phenoxy) is 2. The molecule has 0 unspecified atom stereocenters. The van der Waals surface area contributed by atoms with Crippen molar-refractivity contribution in [2.24, 2.45) is 0 Å². The Morgan fingerprint density at radius 3 is 2.52 bits per heavy atom. The Labute approximate surface area is 151 Å². The molecule has 0 aliphatic rings. The SMILES string of the molecule is COc1ccc(S(=O)(=O)NCCCn2cc(Cl)ccc2=O)cc1OC. The maximum absolute atomic E-state index is 12.3. The third-order valence-corrected chi connectivity index (χ3v) is 5.16. The maximum atomic E-state index is 12.3. The van der Waals surface area contributed by atoms with Crippen molar-refractivity contribution in [1.82, 2.24) is 9.29 Å². The summed E-state index contributed by atoms with van der Waals surface area (Å²) in [6.45, 7) is 0.531. The van der Waals surface area contributed by atoms with Gasteiger partial charge < -0.3 is 14.0 Å². The minimum atomic E-state index is -3.69. The van der Waals surface area contributed by atoms with E-state index in [9.17, 15) is 13.2 Å². The molecule has 0 saturated carbocycles. The molecule has 1 aromatic carbocycles. The Kier molecular flexibility index (Phi) is 6.46. The largest absolute Gasteiger partial charge is 0.493 e. The van der Waals surface area contributed by atoms with Gasteiger partial charge in [-0.15, -0.1) is 0 Å². The average molecular weight is 387 g/mol. The first-order valence-electron chi connectivity index (χ1n) is 7.45. The molecule has 0 fully saturated rings. The van der Waals surface area contributed by atoms with Crippen molar-refractivity contribution in [3.63, 3.8) is 0 Å². The van der Waals surface area contributed by atoms with E-state index in [2.05, 4.69) is 4.72 Å². The van der Waals surface area contributed by atoms with Crippen molar-refractivity contribution >= 4 is 21.6 Å². The summed E-state index contributed by atoms with van der Waals surface area (Å²) >= 11 is 5.84. The average Bonchev–Trinajstić information content (AvgIpc) is 2.60. The number of hydrogen-bond donors (Lipinski definition) is 1. The fourth-order valence-corrected chi connectivity index (χ4v) is 3.47. The smallest absolute Gasteiger partial charge is 0.250 e. The van der Waals surface area contributed by atoms with Gasteiger partial charge >= 0.3 is 0 Å². The van der Waals surface area contributed by atoms with E-state index < -0.39 is 10.0 Å². The van der Waals surface area contributed by atoms with E-state index in [4.69, 9.17) is 21.1 Å². The summed E-state index contributed by atoms with van der Waals surface area (Å²) in [5, 5.41) is 0.450. The second kappa shape index (κ2) is 8.37. The molecule has 1 N–H and O–H groups in total. The van der Waals surface area contributed by atoms with E-state index >= 15 is 0 Å². The summed E-state index contributed by atoms with van der Waals surface area (Å²) < 4.78 is 38.8. The molecule has 0 atom stereocenters. The number of methoxy groups -OCH3 is 2. The van der Waals surface area contributed by atoms with Gasteiger partial charge in [0.15, 0.2) is 11.5 Å². The standard InChI is InChI=1S/C16H19ClN2O5S/c1-23-14-6-5-13(10-15(14)24-2)25(21,22)18-8-3-9-19-11-12(17)4-7-16(19)20/h4-7,10-11,18H,3,8-9H2,1-2H3. The molecule has 0 spiro atoms. The van der Waals surface area contributed by atoms with Crippen LogP contribution in [0.1, 0.15) is 6.42 Å². The van der Waals surface area contributed by atoms with Gasteiger partial charge in [0.25, 0.3) is 5.56 Å². The van der Waals surface area contributed by atoms with Crippen molar-refractivity contribution in [3.05, 3.63) is 51.9 Å². The maximum Gasteiger partial charge on any atom is 0.250 e. The number of aromatic nitrogens is 1. The molecule has 0 aliphatic carbocycles. The van der Waals surface area contributed by atoms with Crippen LogP contribution in [-0.2, 0) is 16.6 Å². The highest BCUT2D eigenvalue weighted by Crippen LogP contribution is 2.29. The molecule has 0 saturated heterocycles. The lowest BCUT2D eigenvalue weighted by Gasteiger charge is -2.11.